The summed E-state index contributed by atoms with van der Waals surface area (Å²) in [5.74, 6) is 2.75. The van der Waals surface area contributed by atoms with Gasteiger partial charge in [0.2, 0.25) is 0 Å². The Labute approximate surface area is 110 Å². The second-order valence-electron chi connectivity index (χ2n) is 6.10. The predicted molar refractivity (Wildman–Crippen MR) is 73.6 cm³/mol. The molecule has 1 aromatic rings. The topological polar surface area (TPSA) is 43.8 Å². The molecule has 2 aliphatic rings. The number of fused-ring (bicyclic) bond motifs is 1. The zero-order chi connectivity index (χ0) is 12.5. The first-order valence-electron chi connectivity index (χ1n) is 7.54. The number of nitrogens with zero attached hydrogens (tertiary/aromatic N) is 2. The van der Waals surface area contributed by atoms with Gasteiger partial charge >= 0.3 is 0 Å². The van der Waals surface area contributed by atoms with Gasteiger partial charge in [0, 0.05) is 18.7 Å². The zero-order valence-electron chi connectivity index (χ0n) is 11.5. The summed E-state index contributed by atoms with van der Waals surface area (Å²) in [4.78, 5) is 4.96. The van der Waals surface area contributed by atoms with Gasteiger partial charge in [0.05, 0.1) is 5.69 Å². The van der Waals surface area contributed by atoms with Crippen LogP contribution in [0.3, 0.4) is 0 Å². The Bertz CT molecular complexity index is 416. The highest BCUT2D eigenvalue weighted by Crippen LogP contribution is 2.34. The molecule has 1 aromatic heterocycles. The van der Waals surface area contributed by atoms with E-state index in [9.17, 15) is 0 Å². The van der Waals surface area contributed by atoms with E-state index in [0.717, 1.165) is 19.4 Å². The van der Waals surface area contributed by atoms with Crippen LogP contribution in [0.4, 0.5) is 0 Å². The number of rotatable bonds is 2. The number of hydrogen-bond acceptors (Lipinski definition) is 2. The summed E-state index contributed by atoms with van der Waals surface area (Å²) in [5.41, 5.74) is 8.66. The summed E-state index contributed by atoms with van der Waals surface area (Å²) < 4.78 is 2.40. The molecule has 0 saturated heterocycles. The van der Waals surface area contributed by atoms with Crippen molar-refractivity contribution < 1.29 is 0 Å². The van der Waals surface area contributed by atoms with E-state index in [-0.39, 0.29) is 0 Å². The van der Waals surface area contributed by atoms with Crippen LogP contribution in [0.15, 0.2) is 0 Å². The standard InChI is InChI=1S/C15H25N3/c1-18-14-9-11(10-16)7-8-13(14)17-15(18)12-5-3-2-4-6-12/h11-12H,2-10,16H2,1H3. The first-order valence-corrected chi connectivity index (χ1v) is 7.54. The van der Waals surface area contributed by atoms with Crippen LogP contribution in [0.1, 0.15) is 61.7 Å². The van der Waals surface area contributed by atoms with E-state index in [0.29, 0.717) is 11.8 Å². The minimum absolute atomic E-state index is 0.673. The van der Waals surface area contributed by atoms with Crippen LogP contribution in [-0.2, 0) is 19.9 Å². The van der Waals surface area contributed by atoms with Crippen molar-refractivity contribution in [2.24, 2.45) is 18.7 Å². The average molecular weight is 247 g/mol. The Morgan fingerprint density at radius 2 is 2.00 bits per heavy atom. The van der Waals surface area contributed by atoms with E-state index in [1.807, 2.05) is 0 Å². The first kappa shape index (κ1) is 12.2. The fraction of sp³-hybridized carbons (Fsp3) is 0.800. The minimum atomic E-state index is 0.673. The molecule has 3 nitrogen and oxygen atoms in total. The lowest BCUT2D eigenvalue weighted by molar-refractivity contribution is 0.418. The Balaban J connectivity index is 1.86. The van der Waals surface area contributed by atoms with Gasteiger partial charge in [-0.05, 0) is 44.6 Å². The van der Waals surface area contributed by atoms with Crippen molar-refractivity contribution in [2.45, 2.75) is 57.3 Å². The van der Waals surface area contributed by atoms with Crippen molar-refractivity contribution in [3.8, 4) is 0 Å². The third-order valence-electron chi connectivity index (χ3n) is 4.91. The van der Waals surface area contributed by atoms with Crippen molar-refractivity contribution in [3.05, 3.63) is 17.2 Å². The summed E-state index contributed by atoms with van der Waals surface area (Å²) in [5, 5.41) is 0. The smallest absolute Gasteiger partial charge is 0.112 e. The molecule has 18 heavy (non-hydrogen) atoms. The molecule has 2 aliphatic carbocycles. The summed E-state index contributed by atoms with van der Waals surface area (Å²) in [7, 11) is 2.22. The fourth-order valence-electron chi connectivity index (χ4n) is 3.71. The quantitative estimate of drug-likeness (QED) is 0.872. The van der Waals surface area contributed by atoms with E-state index >= 15 is 0 Å². The molecule has 3 rings (SSSR count). The third-order valence-corrected chi connectivity index (χ3v) is 4.91. The van der Waals surface area contributed by atoms with E-state index in [1.165, 1.54) is 55.7 Å². The zero-order valence-corrected chi connectivity index (χ0v) is 11.5. The lowest BCUT2D eigenvalue weighted by Crippen LogP contribution is -2.23. The van der Waals surface area contributed by atoms with E-state index < -0.39 is 0 Å². The maximum atomic E-state index is 5.83. The van der Waals surface area contributed by atoms with Crippen molar-refractivity contribution >= 4 is 0 Å². The van der Waals surface area contributed by atoms with Gasteiger partial charge in [-0.3, -0.25) is 0 Å². The highest BCUT2D eigenvalue weighted by Gasteiger charge is 2.27. The Hall–Kier alpha value is -0.830. The highest BCUT2D eigenvalue weighted by molar-refractivity contribution is 5.22. The molecule has 0 aliphatic heterocycles. The van der Waals surface area contributed by atoms with Crippen molar-refractivity contribution in [2.75, 3.05) is 6.54 Å². The van der Waals surface area contributed by atoms with Gasteiger partial charge in [0.25, 0.3) is 0 Å². The van der Waals surface area contributed by atoms with Gasteiger partial charge in [-0.1, -0.05) is 19.3 Å². The van der Waals surface area contributed by atoms with Crippen molar-refractivity contribution in [1.82, 2.24) is 9.55 Å². The molecule has 1 fully saturated rings. The first-order chi connectivity index (χ1) is 8.79. The van der Waals surface area contributed by atoms with Gasteiger partial charge in [-0.2, -0.15) is 0 Å². The molecule has 1 saturated carbocycles. The second-order valence-corrected chi connectivity index (χ2v) is 6.10. The van der Waals surface area contributed by atoms with Crippen molar-refractivity contribution in [3.63, 3.8) is 0 Å². The van der Waals surface area contributed by atoms with Crippen LogP contribution in [-0.4, -0.2) is 16.1 Å². The van der Waals surface area contributed by atoms with E-state index in [1.54, 1.807) is 0 Å². The maximum absolute atomic E-state index is 5.83. The molecule has 0 amide bonds. The fourth-order valence-corrected chi connectivity index (χ4v) is 3.71. The molecule has 1 atom stereocenters. The average Bonchev–Trinajstić information content (AvgIpc) is 2.77. The predicted octanol–water partition coefficient (Wildman–Crippen LogP) is 2.53. The Kier molecular flexibility index (Phi) is 3.42. The summed E-state index contributed by atoms with van der Waals surface area (Å²) >= 11 is 0. The SMILES string of the molecule is Cn1c(C2CCCCC2)nc2c1CC(CN)CC2. The largest absolute Gasteiger partial charge is 0.335 e. The molecule has 1 heterocycles. The molecule has 100 valence electrons. The number of nitrogens with two attached hydrogens (primary N) is 1. The molecule has 2 N–H and O–H groups in total. The van der Waals surface area contributed by atoms with E-state index in [4.69, 9.17) is 10.7 Å². The molecular formula is C15H25N3. The lowest BCUT2D eigenvalue weighted by atomic mass is 9.88. The van der Waals surface area contributed by atoms with Crippen LogP contribution in [0.2, 0.25) is 0 Å². The van der Waals surface area contributed by atoms with Gasteiger partial charge in [0.15, 0.2) is 0 Å². The number of aryl methyl sites for hydroxylation is 1. The molecule has 0 radical (unpaired) electrons. The maximum Gasteiger partial charge on any atom is 0.112 e. The molecule has 3 heteroatoms. The molecule has 1 unspecified atom stereocenters. The molecule has 0 aromatic carbocycles. The van der Waals surface area contributed by atoms with Crippen LogP contribution in [0, 0.1) is 5.92 Å². The lowest BCUT2D eigenvalue weighted by Gasteiger charge is -2.22. The summed E-state index contributed by atoms with van der Waals surface area (Å²) in [6.45, 7) is 0.823. The summed E-state index contributed by atoms with van der Waals surface area (Å²) in [6, 6.07) is 0. The Morgan fingerprint density at radius 1 is 1.22 bits per heavy atom. The number of hydrogen-bond donors (Lipinski definition) is 1. The Morgan fingerprint density at radius 3 is 2.72 bits per heavy atom. The monoisotopic (exact) mass is 247 g/mol. The van der Waals surface area contributed by atoms with Gasteiger partial charge < -0.3 is 10.3 Å². The molecule has 0 spiro atoms. The minimum Gasteiger partial charge on any atom is -0.335 e. The van der Waals surface area contributed by atoms with Crippen LogP contribution >= 0.6 is 0 Å². The molecular weight excluding hydrogens is 222 g/mol. The van der Waals surface area contributed by atoms with Gasteiger partial charge in [-0.15, -0.1) is 0 Å². The van der Waals surface area contributed by atoms with Crippen LogP contribution < -0.4 is 5.73 Å². The normalized spacial score (nSPS) is 25.1. The number of imidazole rings is 1. The molecule has 0 bridgehead atoms. The third kappa shape index (κ3) is 2.09. The van der Waals surface area contributed by atoms with Crippen LogP contribution in [0.25, 0.3) is 0 Å². The second kappa shape index (κ2) is 5.04. The van der Waals surface area contributed by atoms with Gasteiger partial charge in [-0.25, -0.2) is 4.98 Å². The van der Waals surface area contributed by atoms with Crippen LogP contribution in [0.5, 0.6) is 0 Å². The van der Waals surface area contributed by atoms with Gasteiger partial charge in [0.1, 0.15) is 5.82 Å². The van der Waals surface area contributed by atoms with Crippen molar-refractivity contribution in [1.29, 1.82) is 0 Å². The van der Waals surface area contributed by atoms with E-state index in [2.05, 4.69) is 11.6 Å². The summed E-state index contributed by atoms with van der Waals surface area (Å²) in [6.07, 6.45) is 10.4. The number of aromatic nitrogens is 2. The highest BCUT2D eigenvalue weighted by atomic mass is 15.1.